The molecule has 9 nitrogen and oxygen atoms in total. The first-order valence-electron chi connectivity index (χ1n) is 7.75. The summed E-state index contributed by atoms with van der Waals surface area (Å²) in [5.74, 6) is 0.263. The Labute approximate surface area is 154 Å². The van der Waals surface area contributed by atoms with Crippen LogP contribution in [0.5, 0.6) is 0 Å². The molecular formula is C18H13N7O2. The normalized spacial score (nSPS) is 10.9. The first kappa shape index (κ1) is 17.5. The summed E-state index contributed by atoms with van der Waals surface area (Å²) in [7, 11) is 0. The van der Waals surface area contributed by atoms with Crippen molar-refractivity contribution >= 4 is 34.9 Å². The molecule has 3 rings (SSSR count). The quantitative estimate of drug-likeness (QED) is 0.401. The lowest BCUT2D eigenvalue weighted by Gasteiger charge is -2.06. The largest absolute Gasteiger partial charge is 0.368 e. The third-order valence-corrected chi connectivity index (χ3v) is 3.46. The summed E-state index contributed by atoms with van der Waals surface area (Å²) in [4.78, 5) is 22.5. The number of hydrogen-bond acceptors (Lipinski definition) is 8. The topological polar surface area (TPSA) is 144 Å². The number of nitrogens with two attached hydrogens (primary N) is 1. The van der Waals surface area contributed by atoms with Gasteiger partial charge in [-0.1, -0.05) is 18.2 Å². The molecule has 0 radical (unpaired) electrons. The van der Waals surface area contributed by atoms with Crippen LogP contribution in [0.2, 0.25) is 0 Å². The van der Waals surface area contributed by atoms with Gasteiger partial charge in [-0.25, -0.2) is 0 Å². The van der Waals surface area contributed by atoms with Gasteiger partial charge in [0.1, 0.15) is 6.07 Å². The zero-order valence-electron chi connectivity index (χ0n) is 13.9. The average molecular weight is 359 g/mol. The second kappa shape index (κ2) is 7.71. The van der Waals surface area contributed by atoms with E-state index in [2.05, 4.69) is 20.3 Å². The second-order valence-electron chi connectivity index (χ2n) is 5.35. The molecule has 0 fully saturated rings. The fourth-order valence-electron chi connectivity index (χ4n) is 2.23. The predicted octanol–water partition coefficient (Wildman–Crippen LogP) is 3.17. The van der Waals surface area contributed by atoms with Gasteiger partial charge in [-0.3, -0.25) is 10.1 Å². The van der Waals surface area contributed by atoms with Crippen molar-refractivity contribution in [3.05, 3.63) is 76.1 Å². The van der Waals surface area contributed by atoms with E-state index in [1.165, 1.54) is 30.3 Å². The SMILES string of the molecule is N#C/C(=C\c1ccc([N+](=O)[O-])cc1)c1nc(N)nc(Nc2ccccc2)n1. The number of nitro benzene ring substituents is 1. The lowest BCUT2D eigenvalue weighted by Crippen LogP contribution is -2.06. The molecule has 0 saturated carbocycles. The number of para-hydroxylation sites is 1. The molecule has 3 aromatic rings. The minimum absolute atomic E-state index is 0.0376. The number of aromatic nitrogens is 3. The van der Waals surface area contributed by atoms with E-state index in [1.807, 2.05) is 36.4 Å². The molecule has 3 N–H and O–H groups in total. The van der Waals surface area contributed by atoms with Crippen LogP contribution in [-0.4, -0.2) is 19.9 Å². The van der Waals surface area contributed by atoms with Gasteiger partial charge in [-0.05, 0) is 35.9 Å². The highest BCUT2D eigenvalue weighted by Crippen LogP contribution is 2.20. The highest BCUT2D eigenvalue weighted by Gasteiger charge is 2.11. The number of nitrogens with zero attached hydrogens (tertiary/aromatic N) is 5. The minimum atomic E-state index is -0.493. The Bertz CT molecular complexity index is 1040. The summed E-state index contributed by atoms with van der Waals surface area (Å²) in [6.45, 7) is 0. The van der Waals surface area contributed by atoms with Crippen LogP contribution < -0.4 is 11.1 Å². The molecule has 0 aliphatic rings. The zero-order valence-corrected chi connectivity index (χ0v) is 13.9. The maximum Gasteiger partial charge on any atom is 0.269 e. The molecule has 0 spiro atoms. The summed E-state index contributed by atoms with van der Waals surface area (Å²) >= 11 is 0. The van der Waals surface area contributed by atoms with E-state index >= 15 is 0 Å². The molecule has 0 atom stereocenters. The number of nitrogen functional groups attached to an aromatic ring is 1. The molecule has 132 valence electrons. The van der Waals surface area contributed by atoms with E-state index in [9.17, 15) is 15.4 Å². The minimum Gasteiger partial charge on any atom is -0.368 e. The molecule has 9 heteroatoms. The number of benzene rings is 2. The highest BCUT2D eigenvalue weighted by atomic mass is 16.6. The van der Waals surface area contributed by atoms with Crippen molar-refractivity contribution in [3.63, 3.8) is 0 Å². The number of rotatable bonds is 5. The Morgan fingerprint density at radius 3 is 2.44 bits per heavy atom. The van der Waals surface area contributed by atoms with Crippen LogP contribution in [0.15, 0.2) is 54.6 Å². The van der Waals surface area contributed by atoms with Crippen LogP contribution in [0.3, 0.4) is 0 Å². The highest BCUT2D eigenvalue weighted by molar-refractivity contribution is 5.87. The third-order valence-electron chi connectivity index (χ3n) is 3.46. The fraction of sp³-hybridized carbons (Fsp3) is 0. The summed E-state index contributed by atoms with van der Waals surface area (Å²) in [6.07, 6.45) is 1.52. The van der Waals surface area contributed by atoms with E-state index in [0.717, 1.165) is 5.69 Å². The lowest BCUT2D eigenvalue weighted by atomic mass is 10.1. The smallest absolute Gasteiger partial charge is 0.269 e. The van der Waals surface area contributed by atoms with Crippen molar-refractivity contribution in [1.82, 2.24) is 15.0 Å². The molecule has 0 amide bonds. The van der Waals surface area contributed by atoms with Gasteiger partial charge in [0, 0.05) is 17.8 Å². The number of anilines is 3. The second-order valence-corrected chi connectivity index (χ2v) is 5.35. The molecule has 1 aromatic heterocycles. The summed E-state index contributed by atoms with van der Waals surface area (Å²) in [6, 6.07) is 17.0. The van der Waals surface area contributed by atoms with Gasteiger partial charge in [0.2, 0.25) is 11.9 Å². The van der Waals surface area contributed by atoms with E-state index in [0.29, 0.717) is 5.56 Å². The van der Waals surface area contributed by atoms with E-state index in [-0.39, 0.29) is 29.0 Å². The van der Waals surface area contributed by atoms with Crippen molar-refractivity contribution in [1.29, 1.82) is 5.26 Å². The van der Waals surface area contributed by atoms with Gasteiger partial charge in [0.25, 0.3) is 5.69 Å². The monoisotopic (exact) mass is 359 g/mol. The van der Waals surface area contributed by atoms with Crippen LogP contribution in [0.25, 0.3) is 11.6 Å². The fourth-order valence-corrected chi connectivity index (χ4v) is 2.23. The molecular weight excluding hydrogens is 346 g/mol. The van der Waals surface area contributed by atoms with Crippen molar-refractivity contribution in [2.75, 3.05) is 11.1 Å². The first-order chi connectivity index (χ1) is 13.0. The maximum absolute atomic E-state index is 10.7. The van der Waals surface area contributed by atoms with Crippen LogP contribution in [0.1, 0.15) is 11.4 Å². The number of nitrogens with one attached hydrogen (secondary N) is 1. The summed E-state index contributed by atoms with van der Waals surface area (Å²) in [5.41, 5.74) is 7.20. The van der Waals surface area contributed by atoms with Gasteiger partial charge < -0.3 is 11.1 Å². The Morgan fingerprint density at radius 2 is 1.81 bits per heavy atom. The van der Waals surface area contributed by atoms with Gasteiger partial charge in [-0.15, -0.1) is 0 Å². The Balaban J connectivity index is 1.93. The Kier molecular flexibility index (Phi) is 5.00. The molecule has 0 unspecified atom stereocenters. The summed E-state index contributed by atoms with van der Waals surface area (Å²) < 4.78 is 0. The number of nitro groups is 1. The average Bonchev–Trinajstić information content (AvgIpc) is 2.66. The van der Waals surface area contributed by atoms with E-state index in [1.54, 1.807) is 0 Å². The molecule has 1 heterocycles. The van der Waals surface area contributed by atoms with Crippen molar-refractivity contribution in [2.45, 2.75) is 0 Å². The van der Waals surface area contributed by atoms with E-state index in [4.69, 9.17) is 5.73 Å². The van der Waals surface area contributed by atoms with Gasteiger partial charge in [0.05, 0.1) is 10.5 Å². The van der Waals surface area contributed by atoms with Gasteiger partial charge in [0.15, 0.2) is 5.82 Å². The maximum atomic E-state index is 10.7. The lowest BCUT2D eigenvalue weighted by molar-refractivity contribution is -0.384. The van der Waals surface area contributed by atoms with Crippen molar-refractivity contribution < 1.29 is 4.92 Å². The van der Waals surface area contributed by atoms with Crippen LogP contribution in [-0.2, 0) is 0 Å². The molecule has 0 aliphatic heterocycles. The van der Waals surface area contributed by atoms with Crippen LogP contribution in [0.4, 0.5) is 23.3 Å². The van der Waals surface area contributed by atoms with Gasteiger partial charge >= 0.3 is 0 Å². The van der Waals surface area contributed by atoms with Crippen molar-refractivity contribution in [3.8, 4) is 6.07 Å². The van der Waals surface area contributed by atoms with Gasteiger partial charge in [-0.2, -0.15) is 20.2 Å². The van der Waals surface area contributed by atoms with E-state index < -0.39 is 4.92 Å². The standard InChI is InChI=1S/C18H13N7O2/c19-11-13(10-12-6-8-15(9-7-12)25(26)27)16-22-17(20)24-18(23-16)21-14-4-2-1-3-5-14/h1-10H,(H3,20,21,22,23,24)/b13-10+. The molecule has 0 bridgehead atoms. The zero-order chi connectivity index (χ0) is 19.2. The van der Waals surface area contributed by atoms with Crippen molar-refractivity contribution in [2.24, 2.45) is 0 Å². The van der Waals surface area contributed by atoms with Crippen LogP contribution >= 0.6 is 0 Å². The first-order valence-corrected chi connectivity index (χ1v) is 7.75. The summed E-state index contributed by atoms with van der Waals surface area (Å²) in [5, 5.41) is 23.2. The molecule has 27 heavy (non-hydrogen) atoms. The molecule has 0 aliphatic carbocycles. The predicted molar refractivity (Wildman–Crippen MR) is 101 cm³/mol. The number of non-ortho nitro benzene ring substituents is 1. The molecule has 0 saturated heterocycles. The number of nitriles is 1. The number of hydrogen-bond donors (Lipinski definition) is 2. The van der Waals surface area contributed by atoms with Crippen LogP contribution in [0, 0.1) is 21.4 Å². The number of allylic oxidation sites excluding steroid dienone is 1. The third kappa shape index (κ3) is 4.40. The Morgan fingerprint density at radius 1 is 1.11 bits per heavy atom. The Hall–Kier alpha value is -4.32. The molecule has 2 aromatic carbocycles.